The predicted octanol–water partition coefficient (Wildman–Crippen LogP) is 2.70. The van der Waals surface area contributed by atoms with Gasteiger partial charge in [0.1, 0.15) is 11.5 Å². The van der Waals surface area contributed by atoms with Gasteiger partial charge in [-0.1, -0.05) is 13.8 Å². The van der Waals surface area contributed by atoms with Crippen LogP contribution in [-0.2, 0) is 17.8 Å². The highest BCUT2D eigenvalue weighted by Gasteiger charge is 2.31. The molecule has 114 valence electrons. The van der Waals surface area contributed by atoms with Crippen LogP contribution in [0.2, 0.25) is 0 Å². The van der Waals surface area contributed by atoms with E-state index in [1.54, 1.807) is 0 Å². The molecule has 0 bridgehead atoms. The summed E-state index contributed by atoms with van der Waals surface area (Å²) in [5, 5.41) is 3.39. The van der Waals surface area contributed by atoms with E-state index < -0.39 is 0 Å². The molecule has 0 unspecified atom stereocenters. The molecule has 0 radical (unpaired) electrons. The van der Waals surface area contributed by atoms with Gasteiger partial charge in [0.2, 0.25) is 0 Å². The van der Waals surface area contributed by atoms with Crippen molar-refractivity contribution in [1.29, 1.82) is 0 Å². The number of ether oxygens (including phenoxy) is 1. The highest BCUT2D eigenvalue weighted by Crippen LogP contribution is 2.24. The molecule has 20 heavy (non-hydrogen) atoms. The van der Waals surface area contributed by atoms with Gasteiger partial charge in [0.25, 0.3) is 0 Å². The topological polar surface area (TPSA) is 37.6 Å². The minimum absolute atomic E-state index is 0.0955. The quantitative estimate of drug-likeness (QED) is 0.900. The third-order valence-electron chi connectivity index (χ3n) is 3.93. The molecule has 0 atom stereocenters. The Balaban J connectivity index is 2.02. The van der Waals surface area contributed by atoms with Crippen molar-refractivity contribution in [3.8, 4) is 0 Å². The van der Waals surface area contributed by atoms with E-state index in [2.05, 4.69) is 50.9 Å². The smallest absolute Gasteiger partial charge is 0.118 e. The number of nitrogens with one attached hydrogen (secondary N) is 1. The summed E-state index contributed by atoms with van der Waals surface area (Å²) >= 11 is 0. The fourth-order valence-corrected chi connectivity index (χ4v) is 2.53. The third kappa shape index (κ3) is 3.84. The Morgan fingerprint density at radius 3 is 2.80 bits per heavy atom. The van der Waals surface area contributed by atoms with Crippen molar-refractivity contribution in [2.24, 2.45) is 0 Å². The summed E-state index contributed by atoms with van der Waals surface area (Å²) in [6, 6.07) is 2.66. The van der Waals surface area contributed by atoms with Crippen LogP contribution in [0.5, 0.6) is 0 Å². The minimum Gasteiger partial charge on any atom is -0.465 e. The van der Waals surface area contributed by atoms with Crippen molar-refractivity contribution >= 4 is 0 Å². The lowest BCUT2D eigenvalue weighted by Crippen LogP contribution is -2.52. The molecule has 1 saturated heterocycles. The standard InChI is InChI=1S/C16H28N2O2/c1-12(2)17-9-15-8-14(13(3)20-15)10-18-6-7-19-11-16(18,4)5/h8,12,17H,6-7,9-11H2,1-5H3. The fourth-order valence-electron chi connectivity index (χ4n) is 2.53. The summed E-state index contributed by atoms with van der Waals surface area (Å²) in [6.07, 6.45) is 0. The summed E-state index contributed by atoms with van der Waals surface area (Å²) in [7, 11) is 0. The molecule has 0 spiro atoms. The lowest BCUT2D eigenvalue weighted by atomic mass is 10.0. The van der Waals surface area contributed by atoms with E-state index in [-0.39, 0.29) is 5.54 Å². The minimum atomic E-state index is 0.0955. The molecule has 1 aliphatic rings. The van der Waals surface area contributed by atoms with Gasteiger partial charge in [0.05, 0.1) is 19.8 Å². The predicted molar refractivity (Wildman–Crippen MR) is 80.7 cm³/mol. The monoisotopic (exact) mass is 280 g/mol. The van der Waals surface area contributed by atoms with Gasteiger partial charge in [-0.3, -0.25) is 4.90 Å². The molecular weight excluding hydrogens is 252 g/mol. The number of aryl methyl sites for hydroxylation is 1. The fraction of sp³-hybridized carbons (Fsp3) is 0.750. The zero-order chi connectivity index (χ0) is 14.8. The third-order valence-corrected chi connectivity index (χ3v) is 3.93. The number of rotatable bonds is 5. The zero-order valence-corrected chi connectivity index (χ0v) is 13.5. The van der Waals surface area contributed by atoms with Gasteiger partial charge < -0.3 is 14.5 Å². The molecule has 0 aromatic carbocycles. The molecular formula is C16H28N2O2. The average Bonchev–Trinajstić information content (AvgIpc) is 2.70. The van der Waals surface area contributed by atoms with Crippen molar-refractivity contribution in [3.05, 3.63) is 23.2 Å². The molecule has 0 saturated carbocycles. The maximum Gasteiger partial charge on any atom is 0.118 e. The molecule has 1 aromatic heterocycles. The van der Waals surface area contributed by atoms with Gasteiger partial charge in [0, 0.05) is 30.2 Å². The van der Waals surface area contributed by atoms with E-state index in [4.69, 9.17) is 9.15 Å². The van der Waals surface area contributed by atoms with E-state index in [0.29, 0.717) is 6.04 Å². The van der Waals surface area contributed by atoms with Gasteiger partial charge >= 0.3 is 0 Å². The molecule has 0 amide bonds. The van der Waals surface area contributed by atoms with Crippen LogP contribution in [0.3, 0.4) is 0 Å². The molecule has 1 aliphatic heterocycles. The largest absolute Gasteiger partial charge is 0.465 e. The molecule has 2 rings (SSSR count). The second kappa shape index (κ2) is 6.29. The summed E-state index contributed by atoms with van der Waals surface area (Å²) in [6.45, 7) is 15.2. The van der Waals surface area contributed by atoms with E-state index in [1.807, 2.05) is 0 Å². The van der Waals surface area contributed by atoms with Gasteiger partial charge in [-0.2, -0.15) is 0 Å². The Kier molecular flexibility index (Phi) is 4.89. The Bertz CT molecular complexity index is 438. The molecule has 4 nitrogen and oxygen atoms in total. The van der Waals surface area contributed by atoms with Gasteiger partial charge in [-0.25, -0.2) is 0 Å². The molecule has 1 N–H and O–H groups in total. The van der Waals surface area contributed by atoms with Crippen molar-refractivity contribution in [2.45, 2.75) is 59.3 Å². The van der Waals surface area contributed by atoms with E-state index in [0.717, 1.165) is 44.4 Å². The zero-order valence-electron chi connectivity index (χ0n) is 13.5. The van der Waals surface area contributed by atoms with Crippen LogP contribution >= 0.6 is 0 Å². The molecule has 0 aliphatic carbocycles. The molecule has 1 fully saturated rings. The SMILES string of the molecule is Cc1oc(CNC(C)C)cc1CN1CCOCC1(C)C. The summed E-state index contributed by atoms with van der Waals surface area (Å²) in [5.41, 5.74) is 1.39. The van der Waals surface area contributed by atoms with Crippen LogP contribution in [0.15, 0.2) is 10.5 Å². The Hall–Kier alpha value is -0.840. The summed E-state index contributed by atoms with van der Waals surface area (Å²) in [5.74, 6) is 2.06. The highest BCUT2D eigenvalue weighted by molar-refractivity contribution is 5.21. The van der Waals surface area contributed by atoms with Crippen molar-refractivity contribution in [2.75, 3.05) is 19.8 Å². The van der Waals surface area contributed by atoms with Crippen molar-refractivity contribution in [1.82, 2.24) is 10.2 Å². The van der Waals surface area contributed by atoms with Crippen molar-refractivity contribution in [3.63, 3.8) is 0 Å². The highest BCUT2D eigenvalue weighted by atomic mass is 16.5. The Morgan fingerprint density at radius 1 is 1.40 bits per heavy atom. The number of nitrogens with zero attached hydrogens (tertiary/aromatic N) is 1. The number of furan rings is 1. The van der Waals surface area contributed by atoms with Crippen LogP contribution in [0.4, 0.5) is 0 Å². The first-order valence-corrected chi connectivity index (χ1v) is 7.53. The van der Waals surface area contributed by atoms with E-state index in [1.165, 1.54) is 5.56 Å². The Morgan fingerprint density at radius 2 is 2.15 bits per heavy atom. The normalized spacial score (nSPS) is 19.7. The van der Waals surface area contributed by atoms with Crippen LogP contribution in [0, 0.1) is 6.92 Å². The molecule has 1 aromatic rings. The Labute approximate surface area is 122 Å². The van der Waals surface area contributed by atoms with Crippen LogP contribution in [0.1, 0.15) is 44.8 Å². The maximum absolute atomic E-state index is 5.85. The summed E-state index contributed by atoms with van der Waals surface area (Å²) < 4.78 is 11.4. The first-order chi connectivity index (χ1) is 9.38. The maximum atomic E-state index is 5.85. The first kappa shape index (κ1) is 15.5. The number of hydrogen-bond acceptors (Lipinski definition) is 4. The second-order valence-corrected chi connectivity index (χ2v) is 6.62. The van der Waals surface area contributed by atoms with Crippen LogP contribution < -0.4 is 5.32 Å². The first-order valence-electron chi connectivity index (χ1n) is 7.53. The van der Waals surface area contributed by atoms with E-state index >= 15 is 0 Å². The average molecular weight is 280 g/mol. The lowest BCUT2D eigenvalue weighted by molar-refractivity contribution is -0.0554. The van der Waals surface area contributed by atoms with Gasteiger partial charge in [-0.15, -0.1) is 0 Å². The van der Waals surface area contributed by atoms with Gasteiger partial charge in [0.15, 0.2) is 0 Å². The number of morpholine rings is 1. The number of hydrogen-bond donors (Lipinski definition) is 1. The summed E-state index contributed by atoms with van der Waals surface area (Å²) in [4.78, 5) is 2.48. The molecule has 4 heteroatoms. The van der Waals surface area contributed by atoms with Crippen LogP contribution in [0.25, 0.3) is 0 Å². The van der Waals surface area contributed by atoms with Crippen molar-refractivity contribution < 1.29 is 9.15 Å². The van der Waals surface area contributed by atoms with Gasteiger partial charge in [-0.05, 0) is 26.8 Å². The van der Waals surface area contributed by atoms with E-state index in [9.17, 15) is 0 Å². The lowest BCUT2D eigenvalue weighted by Gasteiger charge is -2.42. The van der Waals surface area contributed by atoms with Crippen LogP contribution in [-0.4, -0.2) is 36.2 Å². The second-order valence-electron chi connectivity index (χ2n) is 6.62. The molecule has 2 heterocycles.